The molecule has 1 saturated carbocycles. The lowest BCUT2D eigenvalue weighted by Gasteiger charge is -2.29. The third kappa shape index (κ3) is 4.52. The van der Waals surface area contributed by atoms with E-state index in [-0.39, 0.29) is 20.7 Å². The number of rotatable bonds is 4. The van der Waals surface area contributed by atoms with Crippen LogP contribution in [0.1, 0.15) is 46.4 Å². The number of carbonyl (C=O) groups is 2. The van der Waals surface area contributed by atoms with E-state index in [0.29, 0.717) is 0 Å². The minimum atomic E-state index is 0.111. The summed E-state index contributed by atoms with van der Waals surface area (Å²) in [5.74, 6) is 0. The predicted octanol–water partition coefficient (Wildman–Crippen LogP) is 5.44. The third-order valence-corrected chi connectivity index (χ3v) is 6.98. The maximum atomic E-state index is 12.5. The first kappa shape index (κ1) is 17.3. The van der Waals surface area contributed by atoms with Crippen molar-refractivity contribution in [3.63, 3.8) is 0 Å². The summed E-state index contributed by atoms with van der Waals surface area (Å²) in [4.78, 5) is 25.0. The maximum Gasteiger partial charge on any atom is 0.219 e. The molecule has 0 amide bonds. The fraction of sp³-hybridized carbons (Fsp3) is 0.300. The van der Waals surface area contributed by atoms with Crippen LogP contribution in [0.3, 0.4) is 0 Å². The van der Waals surface area contributed by atoms with Gasteiger partial charge in [-0.3, -0.25) is 9.59 Å². The molecule has 124 valence electrons. The molecule has 0 aromatic heterocycles. The quantitative estimate of drug-likeness (QED) is 0.730. The SMILES string of the molecule is O=C(SC1CCCCC1SC(=O)c1ccccc1)c1ccccc1. The summed E-state index contributed by atoms with van der Waals surface area (Å²) in [5.41, 5.74) is 1.48. The average molecular weight is 357 g/mol. The van der Waals surface area contributed by atoms with Gasteiger partial charge in [-0.05, 0) is 12.8 Å². The standard InChI is InChI=1S/C20H20O2S2/c21-19(15-9-3-1-4-10-15)23-17-13-7-8-14-18(17)24-20(22)16-11-5-2-6-12-16/h1-6,9-12,17-18H,7-8,13-14H2. The molecule has 24 heavy (non-hydrogen) atoms. The molecule has 1 aliphatic rings. The van der Waals surface area contributed by atoms with Crippen LogP contribution in [0.5, 0.6) is 0 Å². The molecule has 1 aliphatic carbocycles. The van der Waals surface area contributed by atoms with Crippen LogP contribution in [0, 0.1) is 0 Å². The van der Waals surface area contributed by atoms with E-state index in [2.05, 4.69) is 0 Å². The van der Waals surface area contributed by atoms with Crippen LogP contribution < -0.4 is 0 Å². The molecule has 2 nitrogen and oxygen atoms in total. The molecule has 2 aromatic carbocycles. The van der Waals surface area contributed by atoms with E-state index in [0.717, 1.165) is 36.8 Å². The van der Waals surface area contributed by atoms with Crippen LogP contribution in [0.4, 0.5) is 0 Å². The summed E-state index contributed by atoms with van der Waals surface area (Å²) in [6, 6.07) is 18.8. The maximum absolute atomic E-state index is 12.5. The van der Waals surface area contributed by atoms with Crippen molar-refractivity contribution in [2.45, 2.75) is 36.2 Å². The largest absolute Gasteiger partial charge is 0.282 e. The van der Waals surface area contributed by atoms with Gasteiger partial charge in [0.05, 0.1) is 0 Å². The Kier molecular flexibility index (Phi) is 6.16. The summed E-state index contributed by atoms with van der Waals surface area (Å²) in [6.45, 7) is 0. The summed E-state index contributed by atoms with van der Waals surface area (Å²) in [6.07, 6.45) is 4.28. The van der Waals surface area contributed by atoms with Crippen molar-refractivity contribution in [2.24, 2.45) is 0 Å². The lowest BCUT2D eigenvalue weighted by Crippen LogP contribution is -2.27. The highest BCUT2D eigenvalue weighted by Crippen LogP contribution is 2.38. The molecule has 1 fully saturated rings. The van der Waals surface area contributed by atoms with Crippen LogP contribution in [0.2, 0.25) is 0 Å². The summed E-state index contributed by atoms with van der Waals surface area (Å²) in [7, 11) is 0. The molecule has 0 bridgehead atoms. The van der Waals surface area contributed by atoms with Crippen LogP contribution >= 0.6 is 23.5 Å². The first-order valence-electron chi connectivity index (χ1n) is 8.26. The molecule has 0 N–H and O–H groups in total. The molecule has 2 aromatic rings. The van der Waals surface area contributed by atoms with Gasteiger partial charge in [0, 0.05) is 21.6 Å². The number of benzene rings is 2. The molecule has 2 atom stereocenters. The van der Waals surface area contributed by atoms with Crippen molar-refractivity contribution in [2.75, 3.05) is 0 Å². The molecule has 0 radical (unpaired) electrons. The summed E-state index contributed by atoms with van der Waals surface area (Å²) >= 11 is 2.81. The van der Waals surface area contributed by atoms with Gasteiger partial charge in [-0.2, -0.15) is 0 Å². The van der Waals surface area contributed by atoms with Gasteiger partial charge in [0.1, 0.15) is 0 Å². The van der Waals surface area contributed by atoms with E-state index in [9.17, 15) is 9.59 Å². The average Bonchev–Trinajstić information content (AvgIpc) is 2.64. The predicted molar refractivity (Wildman–Crippen MR) is 103 cm³/mol. The Morgan fingerprint density at radius 3 is 1.42 bits per heavy atom. The second kappa shape index (κ2) is 8.54. The molecule has 0 spiro atoms. The van der Waals surface area contributed by atoms with E-state index < -0.39 is 0 Å². The Bertz CT molecular complexity index is 624. The second-order valence-corrected chi connectivity index (χ2v) is 8.33. The summed E-state index contributed by atoms with van der Waals surface area (Å²) in [5, 5.41) is 0.647. The highest BCUT2D eigenvalue weighted by atomic mass is 32.2. The number of hydrogen-bond acceptors (Lipinski definition) is 4. The number of carbonyl (C=O) groups excluding carboxylic acids is 2. The van der Waals surface area contributed by atoms with E-state index >= 15 is 0 Å². The number of thioether (sulfide) groups is 2. The van der Waals surface area contributed by atoms with Crippen molar-refractivity contribution >= 4 is 33.8 Å². The Labute approximate surface area is 151 Å². The minimum Gasteiger partial charge on any atom is -0.282 e. The molecule has 4 heteroatoms. The third-order valence-electron chi connectivity index (χ3n) is 4.18. The van der Waals surface area contributed by atoms with Crippen LogP contribution in [-0.2, 0) is 0 Å². The molecular weight excluding hydrogens is 336 g/mol. The lowest BCUT2D eigenvalue weighted by molar-refractivity contribution is 0.107. The fourth-order valence-corrected chi connectivity index (χ4v) is 5.46. The Morgan fingerprint density at radius 2 is 1.04 bits per heavy atom. The van der Waals surface area contributed by atoms with Gasteiger partial charge in [0.2, 0.25) is 10.2 Å². The molecule has 2 unspecified atom stereocenters. The molecule has 0 aliphatic heterocycles. The normalized spacial score (nSPS) is 20.5. The van der Waals surface area contributed by atoms with Crippen molar-refractivity contribution in [3.8, 4) is 0 Å². The van der Waals surface area contributed by atoms with E-state index in [1.807, 2.05) is 60.7 Å². The van der Waals surface area contributed by atoms with Gasteiger partial charge in [-0.25, -0.2) is 0 Å². The van der Waals surface area contributed by atoms with E-state index in [1.165, 1.54) is 23.5 Å². The first-order chi connectivity index (χ1) is 11.7. The first-order valence-corrected chi connectivity index (χ1v) is 10.0. The topological polar surface area (TPSA) is 34.1 Å². The zero-order chi connectivity index (χ0) is 16.8. The van der Waals surface area contributed by atoms with Crippen molar-refractivity contribution < 1.29 is 9.59 Å². The van der Waals surface area contributed by atoms with Crippen LogP contribution in [0.25, 0.3) is 0 Å². The molecular formula is C20H20O2S2. The highest BCUT2D eigenvalue weighted by molar-refractivity contribution is 8.18. The van der Waals surface area contributed by atoms with Gasteiger partial charge in [0.25, 0.3) is 0 Å². The van der Waals surface area contributed by atoms with Crippen molar-refractivity contribution in [1.29, 1.82) is 0 Å². The van der Waals surface area contributed by atoms with E-state index in [4.69, 9.17) is 0 Å². The smallest absolute Gasteiger partial charge is 0.219 e. The summed E-state index contributed by atoms with van der Waals surface area (Å²) < 4.78 is 0. The Balaban J connectivity index is 1.65. The highest BCUT2D eigenvalue weighted by Gasteiger charge is 2.30. The van der Waals surface area contributed by atoms with Gasteiger partial charge >= 0.3 is 0 Å². The van der Waals surface area contributed by atoms with Gasteiger partial charge in [-0.1, -0.05) is 97.0 Å². The van der Waals surface area contributed by atoms with Gasteiger partial charge in [0.15, 0.2) is 0 Å². The van der Waals surface area contributed by atoms with Crippen molar-refractivity contribution in [1.82, 2.24) is 0 Å². The van der Waals surface area contributed by atoms with E-state index in [1.54, 1.807) is 0 Å². The Morgan fingerprint density at radius 1 is 0.667 bits per heavy atom. The molecule has 3 rings (SSSR count). The zero-order valence-electron chi connectivity index (χ0n) is 13.4. The minimum absolute atomic E-state index is 0.111. The number of hydrogen-bond donors (Lipinski definition) is 0. The Hall–Kier alpha value is -1.52. The lowest BCUT2D eigenvalue weighted by atomic mass is 10.00. The van der Waals surface area contributed by atoms with Gasteiger partial charge < -0.3 is 0 Å². The molecule has 0 heterocycles. The van der Waals surface area contributed by atoms with Crippen LogP contribution in [-0.4, -0.2) is 20.7 Å². The van der Waals surface area contributed by atoms with Crippen molar-refractivity contribution in [3.05, 3.63) is 71.8 Å². The molecule has 0 saturated heterocycles. The fourth-order valence-electron chi connectivity index (χ4n) is 2.89. The van der Waals surface area contributed by atoms with Crippen LogP contribution in [0.15, 0.2) is 60.7 Å². The zero-order valence-corrected chi connectivity index (χ0v) is 15.0. The second-order valence-electron chi connectivity index (χ2n) is 5.90. The monoisotopic (exact) mass is 356 g/mol. The van der Waals surface area contributed by atoms with Gasteiger partial charge in [-0.15, -0.1) is 0 Å².